The predicted molar refractivity (Wildman–Crippen MR) is 97.7 cm³/mol. The molecule has 3 aromatic rings. The Bertz CT molecular complexity index is 1040. The van der Waals surface area contributed by atoms with E-state index < -0.39 is 5.91 Å². The third kappa shape index (κ3) is 3.70. The van der Waals surface area contributed by atoms with E-state index in [0.717, 1.165) is 5.56 Å². The second kappa shape index (κ2) is 7.04. The van der Waals surface area contributed by atoms with Crippen LogP contribution in [0, 0.1) is 6.92 Å². The minimum atomic E-state index is -0.436. The molecule has 0 radical (unpaired) electrons. The number of hydrogen-bond donors (Lipinski definition) is 1. The van der Waals surface area contributed by atoms with Crippen molar-refractivity contribution >= 4 is 41.0 Å². The molecular formula is C17H12Cl2N4O2. The van der Waals surface area contributed by atoms with E-state index in [1.165, 1.54) is 10.6 Å². The lowest BCUT2D eigenvalue weighted by atomic mass is 10.2. The van der Waals surface area contributed by atoms with Crippen molar-refractivity contribution in [3.63, 3.8) is 0 Å². The number of aromatic nitrogens is 2. The maximum absolute atomic E-state index is 12.5. The Hall–Kier alpha value is -2.70. The summed E-state index contributed by atoms with van der Waals surface area (Å²) in [6, 6.07) is 9.85. The van der Waals surface area contributed by atoms with Crippen LogP contribution in [0.4, 0.5) is 0 Å². The van der Waals surface area contributed by atoms with Crippen LogP contribution in [0.5, 0.6) is 0 Å². The van der Waals surface area contributed by atoms with Crippen LogP contribution in [0.25, 0.3) is 5.65 Å². The third-order valence-corrected chi connectivity index (χ3v) is 3.97. The molecule has 3 rings (SSSR count). The summed E-state index contributed by atoms with van der Waals surface area (Å²) in [6.45, 7) is 1.86. The van der Waals surface area contributed by atoms with Gasteiger partial charge in [0.2, 0.25) is 0 Å². The highest BCUT2D eigenvalue weighted by atomic mass is 35.5. The maximum atomic E-state index is 12.5. The molecule has 0 saturated heterocycles. The van der Waals surface area contributed by atoms with Crippen LogP contribution in [0.15, 0.2) is 52.5 Å². The first kappa shape index (κ1) is 17.1. The van der Waals surface area contributed by atoms with Crippen LogP contribution < -0.4 is 11.0 Å². The summed E-state index contributed by atoms with van der Waals surface area (Å²) >= 11 is 11.8. The molecule has 25 heavy (non-hydrogen) atoms. The average Bonchev–Trinajstić information content (AvgIpc) is 2.59. The SMILES string of the molecule is Cc1ccc2nc(Cl)c(C=NNC(=O)c3ccc(Cl)cc3)c(=O)n2c1. The van der Waals surface area contributed by atoms with E-state index in [1.54, 1.807) is 36.5 Å². The van der Waals surface area contributed by atoms with Crippen LogP contribution in [0.2, 0.25) is 10.2 Å². The molecule has 1 N–H and O–H groups in total. The zero-order chi connectivity index (χ0) is 18.0. The van der Waals surface area contributed by atoms with Crippen LogP contribution in [0.3, 0.4) is 0 Å². The Morgan fingerprint density at radius 3 is 2.64 bits per heavy atom. The molecule has 126 valence electrons. The molecule has 0 bridgehead atoms. The van der Waals surface area contributed by atoms with Gasteiger partial charge in [-0.05, 0) is 42.8 Å². The topological polar surface area (TPSA) is 75.8 Å². The van der Waals surface area contributed by atoms with Gasteiger partial charge < -0.3 is 0 Å². The number of hydrogen-bond acceptors (Lipinski definition) is 4. The summed E-state index contributed by atoms with van der Waals surface area (Å²) in [7, 11) is 0. The van der Waals surface area contributed by atoms with Gasteiger partial charge in [-0.3, -0.25) is 14.0 Å². The Morgan fingerprint density at radius 2 is 1.92 bits per heavy atom. The lowest BCUT2D eigenvalue weighted by Crippen LogP contribution is -2.22. The normalized spacial score (nSPS) is 11.2. The van der Waals surface area contributed by atoms with Gasteiger partial charge in [-0.15, -0.1) is 0 Å². The lowest BCUT2D eigenvalue weighted by molar-refractivity contribution is 0.0955. The molecule has 0 aliphatic heterocycles. The van der Waals surface area contributed by atoms with Crippen molar-refractivity contribution in [2.45, 2.75) is 6.92 Å². The van der Waals surface area contributed by atoms with Crippen molar-refractivity contribution in [1.82, 2.24) is 14.8 Å². The number of carbonyl (C=O) groups is 1. The first-order valence-corrected chi connectivity index (χ1v) is 7.99. The fourth-order valence-electron chi connectivity index (χ4n) is 2.16. The van der Waals surface area contributed by atoms with Crippen molar-refractivity contribution in [3.8, 4) is 0 Å². The number of fused-ring (bicyclic) bond motifs is 1. The third-order valence-electron chi connectivity index (χ3n) is 3.43. The van der Waals surface area contributed by atoms with Crippen molar-refractivity contribution in [2.75, 3.05) is 0 Å². The van der Waals surface area contributed by atoms with Crippen molar-refractivity contribution in [3.05, 3.63) is 79.8 Å². The van der Waals surface area contributed by atoms with E-state index in [1.807, 2.05) is 13.0 Å². The first-order chi connectivity index (χ1) is 12.0. The highest BCUT2D eigenvalue weighted by Gasteiger charge is 2.10. The van der Waals surface area contributed by atoms with Crippen molar-refractivity contribution in [2.24, 2.45) is 5.10 Å². The minimum absolute atomic E-state index is 0.0124. The number of nitrogens with zero attached hydrogens (tertiary/aromatic N) is 3. The number of amides is 1. The molecule has 6 nitrogen and oxygen atoms in total. The molecule has 2 aromatic heterocycles. The van der Waals surface area contributed by atoms with Gasteiger partial charge in [-0.1, -0.05) is 29.3 Å². The molecule has 0 fully saturated rings. The summed E-state index contributed by atoms with van der Waals surface area (Å²) in [5.74, 6) is -0.436. The summed E-state index contributed by atoms with van der Waals surface area (Å²) < 4.78 is 1.38. The van der Waals surface area contributed by atoms with Gasteiger partial charge in [-0.2, -0.15) is 5.10 Å². The smallest absolute Gasteiger partial charge is 0.268 e. The zero-order valence-electron chi connectivity index (χ0n) is 13.0. The quantitative estimate of drug-likeness (QED) is 0.434. The molecule has 0 aliphatic carbocycles. The van der Waals surface area contributed by atoms with E-state index in [4.69, 9.17) is 23.2 Å². The molecule has 2 heterocycles. The highest BCUT2D eigenvalue weighted by molar-refractivity contribution is 6.32. The van der Waals surface area contributed by atoms with E-state index in [2.05, 4.69) is 15.5 Å². The van der Waals surface area contributed by atoms with E-state index in [9.17, 15) is 9.59 Å². The second-order valence-electron chi connectivity index (χ2n) is 5.26. The molecule has 0 unspecified atom stereocenters. The largest absolute Gasteiger partial charge is 0.271 e. The maximum Gasteiger partial charge on any atom is 0.271 e. The molecule has 0 aliphatic rings. The van der Waals surface area contributed by atoms with Gasteiger partial charge in [0.1, 0.15) is 10.8 Å². The summed E-state index contributed by atoms with van der Waals surface area (Å²) in [5, 5.41) is 4.33. The zero-order valence-corrected chi connectivity index (χ0v) is 14.5. The number of nitrogens with one attached hydrogen (secondary N) is 1. The Labute approximate surface area is 152 Å². The standard InChI is InChI=1S/C17H12Cl2N4O2/c1-10-2-7-14-21-15(19)13(17(25)23(14)9-10)8-20-22-16(24)11-3-5-12(18)6-4-11/h2-9H,1H3,(H,22,24). The van der Waals surface area contributed by atoms with Gasteiger partial charge in [-0.25, -0.2) is 10.4 Å². The van der Waals surface area contributed by atoms with Crippen LogP contribution >= 0.6 is 23.2 Å². The van der Waals surface area contributed by atoms with Crippen LogP contribution in [-0.4, -0.2) is 21.5 Å². The van der Waals surface area contributed by atoms with E-state index in [0.29, 0.717) is 16.2 Å². The van der Waals surface area contributed by atoms with Gasteiger partial charge in [0.05, 0.1) is 11.8 Å². The number of rotatable bonds is 3. The molecule has 0 atom stereocenters. The fraction of sp³-hybridized carbons (Fsp3) is 0.0588. The second-order valence-corrected chi connectivity index (χ2v) is 6.06. The van der Waals surface area contributed by atoms with Gasteiger partial charge in [0, 0.05) is 16.8 Å². The van der Waals surface area contributed by atoms with Gasteiger partial charge >= 0.3 is 0 Å². The lowest BCUT2D eigenvalue weighted by Gasteiger charge is -2.04. The van der Waals surface area contributed by atoms with Gasteiger partial charge in [0.15, 0.2) is 0 Å². The predicted octanol–water partition coefficient (Wildman–Crippen LogP) is 3.07. The first-order valence-electron chi connectivity index (χ1n) is 7.23. The number of benzene rings is 1. The summed E-state index contributed by atoms with van der Waals surface area (Å²) in [5.41, 5.74) is 3.77. The molecule has 1 aromatic carbocycles. The fourth-order valence-corrected chi connectivity index (χ4v) is 2.50. The van der Waals surface area contributed by atoms with Crippen LogP contribution in [-0.2, 0) is 0 Å². The minimum Gasteiger partial charge on any atom is -0.268 e. The molecule has 0 saturated carbocycles. The average molecular weight is 375 g/mol. The Kier molecular flexibility index (Phi) is 4.83. The number of pyridine rings is 1. The number of halogens is 2. The highest BCUT2D eigenvalue weighted by Crippen LogP contribution is 2.11. The summed E-state index contributed by atoms with van der Waals surface area (Å²) in [6.07, 6.45) is 2.84. The molecule has 1 amide bonds. The van der Waals surface area contributed by atoms with E-state index >= 15 is 0 Å². The number of aryl methyl sites for hydroxylation is 1. The number of carbonyl (C=O) groups excluding carboxylic acids is 1. The molecule has 8 heteroatoms. The van der Waals surface area contributed by atoms with Crippen molar-refractivity contribution < 1.29 is 4.79 Å². The summed E-state index contributed by atoms with van der Waals surface area (Å²) in [4.78, 5) is 28.6. The van der Waals surface area contributed by atoms with E-state index in [-0.39, 0.29) is 16.3 Å². The van der Waals surface area contributed by atoms with Crippen molar-refractivity contribution in [1.29, 1.82) is 0 Å². The monoisotopic (exact) mass is 374 g/mol. The van der Waals surface area contributed by atoms with Gasteiger partial charge in [0.25, 0.3) is 11.5 Å². The molecule has 0 spiro atoms. The Balaban J connectivity index is 1.87. The Morgan fingerprint density at radius 1 is 1.20 bits per heavy atom. The van der Waals surface area contributed by atoms with Crippen LogP contribution in [0.1, 0.15) is 21.5 Å². The molecular weight excluding hydrogens is 363 g/mol. The number of hydrazone groups is 1.